The number of ether oxygens (including phenoxy) is 1. The van der Waals surface area contributed by atoms with Gasteiger partial charge in [0.05, 0.1) is 30.5 Å². The van der Waals surface area contributed by atoms with Crippen LogP contribution in [-0.2, 0) is 11.3 Å². The number of rotatable bonds is 6. The van der Waals surface area contributed by atoms with E-state index in [1.54, 1.807) is 26.3 Å². The van der Waals surface area contributed by atoms with E-state index in [0.29, 0.717) is 18.9 Å². The van der Waals surface area contributed by atoms with Crippen molar-refractivity contribution in [2.75, 3.05) is 13.7 Å². The van der Waals surface area contributed by atoms with Crippen molar-refractivity contribution in [3.05, 3.63) is 58.1 Å². The van der Waals surface area contributed by atoms with E-state index in [1.807, 2.05) is 19.1 Å². The predicted octanol–water partition coefficient (Wildman–Crippen LogP) is 1.83. The number of amides is 1. The lowest BCUT2D eigenvalue weighted by Crippen LogP contribution is -2.29. The van der Waals surface area contributed by atoms with Crippen molar-refractivity contribution in [3.8, 4) is 0 Å². The van der Waals surface area contributed by atoms with Gasteiger partial charge in [-0.25, -0.2) is 4.98 Å². The van der Waals surface area contributed by atoms with Crippen LogP contribution in [0.5, 0.6) is 0 Å². The van der Waals surface area contributed by atoms with Gasteiger partial charge in [-0.3, -0.25) is 19.1 Å². The zero-order valence-electron chi connectivity index (χ0n) is 14.9. The molecule has 0 aliphatic heterocycles. The van der Waals surface area contributed by atoms with Crippen molar-refractivity contribution in [1.29, 1.82) is 0 Å². The molecule has 26 heavy (non-hydrogen) atoms. The molecule has 0 fully saturated rings. The summed E-state index contributed by atoms with van der Waals surface area (Å²) in [6.45, 7) is 4.17. The molecule has 1 amide bonds. The summed E-state index contributed by atoms with van der Waals surface area (Å²) in [6, 6.07) is 5.16. The zero-order valence-corrected chi connectivity index (χ0v) is 14.9. The number of hydrogen-bond acceptors (Lipinski definition) is 6. The van der Waals surface area contributed by atoms with Gasteiger partial charge < -0.3 is 14.5 Å². The maximum absolute atomic E-state index is 12.8. The third-order valence-electron chi connectivity index (χ3n) is 4.10. The second-order valence-electron chi connectivity index (χ2n) is 5.90. The van der Waals surface area contributed by atoms with E-state index in [9.17, 15) is 9.59 Å². The number of nitrogens with zero attached hydrogens (tertiary/aromatic N) is 3. The Bertz CT molecular complexity index is 978. The summed E-state index contributed by atoms with van der Waals surface area (Å²) in [5.41, 5.74) is 0.741. The number of aryl methyl sites for hydroxylation is 1. The Morgan fingerprint density at radius 2 is 2.19 bits per heavy atom. The van der Waals surface area contributed by atoms with Gasteiger partial charge in [-0.05, 0) is 26.0 Å². The first-order valence-electron chi connectivity index (χ1n) is 8.22. The Kier molecular flexibility index (Phi) is 5.13. The maximum atomic E-state index is 12.8. The molecule has 3 rings (SSSR count). The summed E-state index contributed by atoms with van der Waals surface area (Å²) in [5, 5.41) is 3.03. The van der Waals surface area contributed by atoms with E-state index in [-0.39, 0.29) is 28.3 Å². The summed E-state index contributed by atoms with van der Waals surface area (Å²) in [6.07, 6.45) is 3.06. The first-order chi connectivity index (χ1) is 12.5. The molecule has 8 nitrogen and oxygen atoms in total. The molecule has 1 N–H and O–H groups in total. The lowest BCUT2D eigenvalue weighted by molar-refractivity contribution is 0.0939. The molecule has 0 aliphatic rings. The van der Waals surface area contributed by atoms with Crippen LogP contribution in [0.25, 0.3) is 11.1 Å². The number of carbonyl (C=O) groups is 1. The highest BCUT2D eigenvalue weighted by Crippen LogP contribution is 2.22. The van der Waals surface area contributed by atoms with Crippen LogP contribution in [0.4, 0.5) is 0 Å². The molecule has 0 radical (unpaired) electrons. The van der Waals surface area contributed by atoms with Crippen molar-refractivity contribution < 1.29 is 13.9 Å². The smallest absolute Gasteiger partial charge is 0.265 e. The molecule has 0 aliphatic carbocycles. The topological polar surface area (TPSA) is 99.2 Å². The first-order valence-corrected chi connectivity index (χ1v) is 8.22. The van der Waals surface area contributed by atoms with Gasteiger partial charge in [0.1, 0.15) is 17.5 Å². The molecule has 8 heteroatoms. The maximum Gasteiger partial charge on any atom is 0.265 e. The summed E-state index contributed by atoms with van der Waals surface area (Å²) >= 11 is 0. The van der Waals surface area contributed by atoms with Crippen LogP contribution in [-0.4, -0.2) is 34.2 Å². The predicted molar refractivity (Wildman–Crippen MR) is 95.0 cm³/mol. The normalized spacial score (nSPS) is 12.3. The highest BCUT2D eigenvalue weighted by atomic mass is 16.5. The van der Waals surface area contributed by atoms with Gasteiger partial charge in [-0.1, -0.05) is 6.07 Å². The quantitative estimate of drug-likeness (QED) is 0.723. The number of fused-ring (bicyclic) bond motifs is 1. The Labute approximate surface area is 149 Å². The lowest BCUT2D eigenvalue weighted by atomic mass is 10.1. The van der Waals surface area contributed by atoms with Crippen molar-refractivity contribution in [2.24, 2.45) is 0 Å². The number of aromatic nitrogens is 3. The molecule has 136 valence electrons. The Morgan fingerprint density at radius 1 is 1.38 bits per heavy atom. The average Bonchev–Trinajstić information content (AvgIpc) is 2.98. The minimum Gasteiger partial charge on any atom is -0.442 e. The van der Waals surface area contributed by atoms with E-state index in [2.05, 4.69) is 15.3 Å². The molecule has 3 aromatic heterocycles. The second kappa shape index (κ2) is 7.49. The number of nitrogens with one attached hydrogen (secondary N) is 1. The van der Waals surface area contributed by atoms with Crippen molar-refractivity contribution >= 4 is 17.0 Å². The molecule has 1 atom stereocenters. The number of methoxy groups -OCH3 is 1. The van der Waals surface area contributed by atoms with E-state index in [1.165, 1.54) is 10.9 Å². The third-order valence-corrected chi connectivity index (χ3v) is 4.10. The van der Waals surface area contributed by atoms with Crippen LogP contribution in [0.1, 0.15) is 34.8 Å². The van der Waals surface area contributed by atoms with Gasteiger partial charge in [0.25, 0.3) is 11.5 Å². The van der Waals surface area contributed by atoms with Crippen LogP contribution < -0.4 is 10.9 Å². The Hall–Kier alpha value is -3.00. The number of hydrogen-bond donors (Lipinski definition) is 1. The van der Waals surface area contributed by atoms with Gasteiger partial charge in [0.15, 0.2) is 0 Å². The van der Waals surface area contributed by atoms with Gasteiger partial charge in [0.2, 0.25) is 5.71 Å². The molecule has 0 spiro atoms. The minimum absolute atomic E-state index is 0.150. The van der Waals surface area contributed by atoms with Crippen molar-refractivity contribution in [1.82, 2.24) is 19.9 Å². The number of pyridine rings is 1. The largest absolute Gasteiger partial charge is 0.442 e. The van der Waals surface area contributed by atoms with E-state index >= 15 is 0 Å². The van der Waals surface area contributed by atoms with Crippen molar-refractivity contribution in [2.45, 2.75) is 26.4 Å². The van der Waals surface area contributed by atoms with Gasteiger partial charge in [0, 0.05) is 13.3 Å². The number of carbonyl (C=O) groups excluding carboxylic acids is 1. The fourth-order valence-corrected chi connectivity index (χ4v) is 2.73. The lowest BCUT2D eigenvalue weighted by Gasteiger charge is -2.13. The van der Waals surface area contributed by atoms with Crippen LogP contribution in [0.3, 0.4) is 0 Å². The monoisotopic (exact) mass is 356 g/mol. The summed E-state index contributed by atoms with van der Waals surface area (Å²) in [5.74, 6) is -0.0531. The highest BCUT2D eigenvalue weighted by molar-refractivity contribution is 6.06. The standard InChI is InChI=1S/C18H20N4O4/c1-11(13-6-4-5-7-19-13)21-16(23)14-12(2)26-17-15(14)18(24)22(10-20-17)8-9-25-3/h4-7,10-11H,8-9H2,1-3H3,(H,21,23). The van der Waals surface area contributed by atoms with Crippen LogP contribution in [0, 0.1) is 6.92 Å². The fraction of sp³-hybridized carbons (Fsp3) is 0.333. The zero-order chi connectivity index (χ0) is 18.7. The highest BCUT2D eigenvalue weighted by Gasteiger charge is 2.24. The molecular formula is C18H20N4O4. The van der Waals surface area contributed by atoms with Crippen molar-refractivity contribution in [3.63, 3.8) is 0 Å². The van der Waals surface area contributed by atoms with Crippen LogP contribution in [0.2, 0.25) is 0 Å². The molecule has 0 aromatic carbocycles. The first kappa shape index (κ1) is 17.8. The molecule has 0 bridgehead atoms. The molecule has 0 saturated carbocycles. The van der Waals surface area contributed by atoms with Gasteiger partial charge >= 0.3 is 0 Å². The second-order valence-corrected chi connectivity index (χ2v) is 5.90. The van der Waals surface area contributed by atoms with Crippen LogP contribution >= 0.6 is 0 Å². The third kappa shape index (κ3) is 3.36. The molecule has 0 saturated heterocycles. The van der Waals surface area contributed by atoms with E-state index in [0.717, 1.165) is 5.69 Å². The minimum atomic E-state index is -0.400. The summed E-state index contributed by atoms with van der Waals surface area (Å²) in [7, 11) is 1.55. The fourth-order valence-electron chi connectivity index (χ4n) is 2.73. The molecule has 3 heterocycles. The Balaban J connectivity index is 1.97. The van der Waals surface area contributed by atoms with Gasteiger partial charge in [-0.15, -0.1) is 0 Å². The van der Waals surface area contributed by atoms with E-state index in [4.69, 9.17) is 9.15 Å². The Morgan fingerprint density at radius 3 is 2.88 bits per heavy atom. The molecular weight excluding hydrogens is 336 g/mol. The van der Waals surface area contributed by atoms with Gasteiger partial charge in [-0.2, -0.15) is 0 Å². The summed E-state index contributed by atoms with van der Waals surface area (Å²) in [4.78, 5) is 33.9. The van der Waals surface area contributed by atoms with E-state index < -0.39 is 5.91 Å². The molecule has 1 unspecified atom stereocenters. The SMILES string of the molecule is COCCn1cnc2oc(C)c(C(=O)NC(C)c3ccccn3)c2c1=O. The summed E-state index contributed by atoms with van der Waals surface area (Å²) < 4.78 is 11.9. The average molecular weight is 356 g/mol. The number of furan rings is 1. The molecule has 3 aromatic rings. The van der Waals surface area contributed by atoms with Crippen LogP contribution in [0.15, 0.2) is 39.9 Å².